The lowest BCUT2D eigenvalue weighted by molar-refractivity contribution is -0.139. The topological polar surface area (TPSA) is 90.9 Å². The van der Waals surface area contributed by atoms with E-state index in [0.717, 1.165) is 12.8 Å². The highest BCUT2D eigenvalue weighted by Crippen LogP contribution is 2.25. The van der Waals surface area contributed by atoms with E-state index in [1.807, 2.05) is 30.9 Å². The Morgan fingerprint density at radius 3 is 2.77 bits per heavy atom. The highest BCUT2D eigenvalue weighted by Gasteiger charge is 2.34. The third-order valence-electron chi connectivity index (χ3n) is 4.39. The molecule has 1 aliphatic rings. The molecule has 8 heteroatoms. The Kier molecular flexibility index (Phi) is 7.53. The quantitative estimate of drug-likeness (QED) is 0.609. The van der Waals surface area contributed by atoms with Gasteiger partial charge in [0, 0.05) is 17.1 Å². The number of benzene rings is 1. The van der Waals surface area contributed by atoms with Crippen LogP contribution in [0.15, 0.2) is 24.3 Å². The molecular weight excluding hydrogens is 358 g/mol. The number of hydrogen-bond donors (Lipinski definition) is 3. The van der Waals surface area contributed by atoms with Crippen molar-refractivity contribution in [3.8, 4) is 5.75 Å². The molecule has 1 unspecified atom stereocenters. The second-order valence-electron chi connectivity index (χ2n) is 6.52. The van der Waals surface area contributed by atoms with Crippen LogP contribution in [0, 0.1) is 0 Å². The lowest BCUT2D eigenvalue weighted by Gasteiger charge is -2.42. The van der Waals surface area contributed by atoms with Crippen LogP contribution in [-0.2, 0) is 4.79 Å². The normalized spacial score (nSPS) is 20.2. The first-order valence-corrected chi connectivity index (χ1v) is 9.17. The van der Waals surface area contributed by atoms with Gasteiger partial charge < -0.3 is 20.5 Å². The van der Waals surface area contributed by atoms with Gasteiger partial charge in [0.1, 0.15) is 11.9 Å². The van der Waals surface area contributed by atoms with Crippen LogP contribution in [0.2, 0.25) is 5.02 Å². The Hall–Kier alpha value is -1.99. The van der Waals surface area contributed by atoms with Crippen LogP contribution in [0.4, 0.5) is 4.79 Å². The third-order valence-corrected chi connectivity index (χ3v) is 4.63. The van der Waals surface area contributed by atoms with E-state index in [1.165, 1.54) is 0 Å². The summed E-state index contributed by atoms with van der Waals surface area (Å²) in [6.45, 7) is 4.91. The molecule has 1 aromatic carbocycles. The second kappa shape index (κ2) is 9.64. The fourth-order valence-electron chi connectivity index (χ4n) is 2.96. The van der Waals surface area contributed by atoms with Gasteiger partial charge in [-0.05, 0) is 44.5 Å². The first kappa shape index (κ1) is 20.3. The van der Waals surface area contributed by atoms with Gasteiger partial charge in [0.25, 0.3) is 0 Å². The zero-order valence-electron chi connectivity index (χ0n) is 15.1. The molecule has 0 aliphatic heterocycles. The van der Waals surface area contributed by atoms with Crippen LogP contribution in [-0.4, -0.2) is 59.8 Å². The predicted octanol–water partition coefficient (Wildman–Crippen LogP) is 2.34. The van der Waals surface area contributed by atoms with Gasteiger partial charge in [0.05, 0.1) is 13.1 Å². The number of urea groups is 1. The maximum Gasteiger partial charge on any atom is 0.317 e. The number of carboxylic acid groups (broad SMARTS) is 1. The lowest BCUT2D eigenvalue weighted by atomic mass is 9.85. The van der Waals surface area contributed by atoms with E-state index in [0.29, 0.717) is 23.9 Å². The number of nitrogens with zero attached hydrogens (tertiary/aromatic N) is 1. The second-order valence-corrected chi connectivity index (χ2v) is 6.96. The molecule has 0 bridgehead atoms. The van der Waals surface area contributed by atoms with Crippen LogP contribution in [0.3, 0.4) is 0 Å². The van der Waals surface area contributed by atoms with E-state index < -0.39 is 5.97 Å². The summed E-state index contributed by atoms with van der Waals surface area (Å²) in [5.41, 5.74) is 0. The van der Waals surface area contributed by atoms with Crippen molar-refractivity contribution in [2.75, 3.05) is 19.6 Å². The Bertz CT molecular complexity index is 622. The molecule has 0 saturated heterocycles. The summed E-state index contributed by atoms with van der Waals surface area (Å²) in [6, 6.07) is 7.17. The highest BCUT2D eigenvalue weighted by molar-refractivity contribution is 6.30. The number of amides is 2. The molecule has 1 atom stereocenters. The lowest BCUT2D eigenvalue weighted by Crippen LogP contribution is -2.56. The molecule has 7 nitrogen and oxygen atoms in total. The minimum atomic E-state index is -0.824. The molecule has 0 radical (unpaired) electrons. The number of aliphatic carboxylic acids is 1. The van der Waals surface area contributed by atoms with Gasteiger partial charge in [-0.3, -0.25) is 9.69 Å². The summed E-state index contributed by atoms with van der Waals surface area (Å²) in [5.74, 6) is -0.165. The summed E-state index contributed by atoms with van der Waals surface area (Å²) in [4.78, 5) is 24.7. The maximum absolute atomic E-state index is 12.0. The molecule has 1 aliphatic carbocycles. The molecule has 2 amide bonds. The van der Waals surface area contributed by atoms with Crippen LogP contribution in [0.25, 0.3) is 0 Å². The average Bonchev–Trinajstić information content (AvgIpc) is 2.54. The molecule has 26 heavy (non-hydrogen) atoms. The number of carbonyl (C=O) groups excluding carboxylic acids is 1. The van der Waals surface area contributed by atoms with Crippen molar-refractivity contribution >= 4 is 23.6 Å². The minimum absolute atomic E-state index is 0.0401. The van der Waals surface area contributed by atoms with Crippen LogP contribution < -0.4 is 15.4 Å². The summed E-state index contributed by atoms with van der Waals surface area (Å²) in [6.07, 6.45) is 1.34. The van der Waals surface area contributed by atoms with Crippen molar-refractivity contribution < 1.29 is 19.4 Å². The molecule has 1 fully saturated rings. The van der Waals surface area contributed by atoms with Crippen molar-refractivity contribution in [1.29, 1.82) is 0 Å². The zero-order chi connectivity index (χ0) is 19.1. The van der Waals surface area contributed by atoms with Gasteiger partial charge in [0.2, 0.25) is 0 Å². The van der Waals surface area contributed by atoms with Gasteiger partial charge in [-0.2, -0.15) is 0 Å². The Labute approximate surface area is 158 Å². The number of hydrogen-bond acceptors (Lipinski definition) is 4. The fourth-order valence-corrected chi connectivity index (χ4v) is 3.14. The van der Waals surface area contributed by atoms with Gasteiger partial charge in [0.15, 0.2) is 0 Å². The average molecular weight is 384 g/mol. The monoisotopic (exact) mass is 383 g/mol. The summed E-state index contributed by atoms with van der Waals surface area (Å²) in [5, 5.41) is 15.2. The first-order chi connectivity index (χ1) is 12.4. The number of nitrogens with one attached hydrogen (secondary N) is 2. The van der Waals surface area contributed by atoms with Crippen molar-refractivity contribution in [3.05, 3.63) is 29.3 Å². The molecule has 1 aromatic rings. The smallest absolute Gasteiger partial charge is 0.317 e. The van der Waals surface area contributed by atoms with Gasteiger partial charge in [-0.1, -0.05) is 24.6 Å². The van der Waals surface area contributed by atoms with Crippen LogP contribution in [0.5, 0.6) is 5.75 Å². The van der Waals surface area contributed by atoms with E-state index in [2.05, 4.69) is 10.6 Å². The highest BCUT2D eigenvalue weighted by atomic mass is 35.5. The first-order valence-electron chi connectivity index (χ1n) is 8.79. The van der Waals surface area contributed by atoms with Crippen molar-refractivity contribution in [3.63, 3.8) is 0 Å². The summed E-state index contributed by atoms with van der Waals surface area (Å²) in [7, 11) is 0. The largest absolute Gasteiger partial charge is 0.489 e. The van der Waals surface area contributed by atoms with E-state index in [-0.39, 0.29) is 30.8 Å². The van der Waals surface area contributed by atoms with Gasteiger partial charge >= 0.3 is 12.0 Å². The standard InChI is InChI=1S/C18H26ClN3O4/c1-3-22(11-17(23)24)15-8-14(9-15)21-18(25)20-10-12(2)26-16-6-4-5-13(19)7-16/h4-7,12,14-15H,3,8-11H2,1-2H3,(H,23,24)(H2,20,21,25). The number of rotatable bonds is 9. The SMILES string of the molecule is CCN(CC(=O)O)C1CC(NC(=O)NCC(C)Oc2cccc(Cl)c2)C1. The van der Waals surface area contributed by atoms with E-state index in [1.54, 1.807) is 12.1 Å². The van der Waals surface area contributed by atoms with E-state index in [4.69, 9.17) is 21.4 Å². The molecule has 0 heterocycles. The zero-order valence-corrected chi connectivity index (χ0v) is 15.8. The van der Waals surface area contributed by atoms with Crippen molar-refractivity contribution in [2.45, 2.75) is 44.9 Å². The van der Waals surface area contributed by atoms with Crippen LogP contribution in [0.1, 0.15) is 26.7 Å². The molecule has 3 N–H and O–H groups in total. The molecule has 0 spiro atoms. The molecule has 144 valence electrons. The van der Waals surface area contributed by atoms with E-state index in [9.17, 15) is 9.59 Å². The molecular formula is C18H26ClN3O4. The number of carbonyl (C=O) groups is 2. The Morgan fingerprint density at radius 2 is 2.15 bits per heavy atom. The number of carboxylic acids is 1. The maximum atomic E-state index is 12.0. The number of likely N-dealkylation sites (N-methyl/N-ethyl adjacent to an activating group) is 1. The molecule has 2 rings (SSSR count). The van der Waals surface area contributed by atoms with E-state index >= 15 is 0 Å². The minimum Gasteiger partial charge on any atom is -0.489 e. The van der Waals surface area contributed by atoms with Crippen molar-refractivity contribution in [2.24, 2.45) is 0 Å². The summed E-state index contributed by atoms with van der Waals surface area (Å²) >= 11 is 5.91. The van der Waals surface area contributed by atoms with Gasteiger partial charge in [-0.25, -0.2) is 4.79 Å². The summed E-state index contributed by atoms with van der Waals surface area (Å²) < 4.78 is 5.70. The van der Waals surface area contributed by atoms with Gasteiger partial charge in [-0.15, -0.1) is 0 Å². The van der Waals surface area contributed by atoms with Crippen molar-refractivity contribution in [1.82, 2.24) is 15.5 Å². The third kappa shape index (κ3) is 6.38. The molecule has 0 aromatic heterocycles. The van der Waals surface area contributed by atoms with Crippen LogP contribution >= 0.6 is 11.6 Å². The fraction of sp³-hybridized carbons (Fsp3) is 0.556. The molecule has 1 saturated carbocycles. The Balaban J connectivity index is 1.64. The number of ether oxygens (including phenoxy) is 1. The predicted molar refractivity (Wildman–Crippen MR) is 99.8 cm³/mol. The number of halogens is 1. The Morgan fingerprint density at radius 1 is 1.42 bits per heavy atom.